The van der Waals surface area contributed by atoms with Gasteiger partial charge in [-0.15, -0.1) is 0 Å². The van der Waals surface area contributed by atoms with Gasteiger partial charge in [-0.2, -0.15) is 13.2 Å². The van der Waals surface area contributed by atoms with Crippen LogP contribution < -0.4 is 0 Å². The number of para-hydroxylation sites is 1. The number of hydrogen-bond acceptors (Lipinski definition) is 3. The molecule has 0 spiro atoms. The molecule has 1 aromatic heterocycles. The summed E-state index contributed by atoms with van der Waals surface area (Å²) in [5.41, 5.74) is 2.68. The minimum absolute atomic E-state index is 0.101. The number of sulfone groups is 1. The summed E-state index contributed by atoms with van der Waals surface area (Å²) < 4.78 is 65.4. The van der Waals surface area contributed by atoms with Gasteiger partial charge in [0.1, 0.15) is 0 Å². The lowest BCUT2D eigenvalue weighted by Crippen LogP contribution is -2.07. The van der Waals surface area contributed by atoms with Crippen LogP contribution in [0, 0.1) is 6.92 Å². The first-order valence-electron chi connectivity index (χ1n) is 10.2. The van der Waals surface area contributed by atoms with Gasteiger partial charge in [-0.25, -0.2) is 8.42 Å². The maximum absolute atomic E-state index is 13.5. The minimum atomic E-state index is -4.51. The van der Waals surface area contributed by atoms with Crippen LogP contribution in [-0.2, 0) is 16.0 Å². The highest BCUT2D eigenvalue weighted by Gasteiger charge is 2.33. The number of hydrogen-bond donors (Lipinski definition) is 0. The topological polar surface area (TPSA) is 47.0 Å². The number of allylic oxidation sites excluding steroid dienone is 1. The number of pyridine rings is 1. The summed E-state index contributed by atoms with van der Waals surface area (Å²) in [6.07, 6.45) is -1.60. The Balaban J connectivity index is 1.89. The molecule has 0 aliphatic heterocycles. The average molecular weight is 468 g/mol. The molecule has 0 saturated carbocycles. The van der Waals surface area contributed by atoms with E-state index in [1.165, 1.54) is 24.4 Å². The van der Waals surface area contributed by atoms with Crippen LogP contribution in [0.3, 0.4) is 0 Å². The molecule has 0 saturated heterocycles. The van der Waals surface area contributed by atoms with E-state index in [0.717, 1.165) is 28.2 Å². The van der Waals surface area contributed by atoms with Crippen molar-refractivity contribution in [3.8, 4) is 22.3 Å². The van der Waals surface area contributed by atoms with E-state index in [-0.39, 0.29) is 10.4 Å². The molecule has 0 radical (unpaired) electrons. The molecule has 0 bridgehead atoms. The standard InChI is InChI=1S/C26H20F3NO2S/c1-3-13-33(31,32)21-10-5-8-19(15-21)18-7-4-9-20(14-18)24-17(2)16-30-25-22(24)11-6-12-23(25)26(27,28)29/h3-16H,1-2H3. The summed E-state index contributed by atoms with van der Waals surface area (Å²) in [7, 11) is -3.55. The van der Waals surface area contributed by atoms with Crippen molar-refractivity contribution in [1.82, 2.24) is 4.98 Å². The van der Waals surface area contributed by atoms with Crippen LogP contribution in [-0.4, -0.2) is 13.4 Å². The first-order chi connectivity index (χ1) is 15.6. The Morgan fingerprint density at radius 1 is 0.879 bits per heavy atom. The lowest BCUT2D eigenvalue weighted by molar-refractivity contribution is -0.136. The number of halogens is 3. The molecule has 0 unspecified atom stereocenters. The Bertz CT molecular complexity index is 1490. The second kappa shape index (κ2) is 8.48. The average Bonchev–Trinajstić information content (AvgIpc) is 2.78. The molecule has 3 nitrogen and oxygen atoms in total. The van der Waals surface area contributed by atoms with E-state index in [2.05, 4.69) is 4.98 Å². The first kappa shape index (κ1) is 22.7. The van der Waals surface area contributed by atoms with Gasteiger partial charge in [0.15, 0.2) is 9.84 Å². The van der Waals surface area contributed by atoms with Crippen molar-refractivity contribution in [2.75, 3.05) is 0 Å². The van der Waals surface area contributed by atoms with Crippen molar-refractivity contribution in [3.05, 3.63) is 95.5 Å². The van der Waals surface area contributed by atoms with E-state index < -0.39 is 21.6 Å². The maximum Gasteiger partial charge on any atom is 0.418 e. The van der Waals surface area contributed by atoms with Gasteiger partial charge in [-0.3, -0.25) is 4.98 Å². The van der Waals surface area contributed by atoms with E-state index in [1.807, 2.05) is 18.2 Å². The van der Waals surface area contributed by atoms with Crippen molar-refractivity contribution in [2.24, 2.45) is 0 Å². The molecule has 0 amide bonds. The molecule has 4 aromatic rings. The molecule has 1 heterocycles. The molecule has 7 heteroatoms. The molecular weight excluding hydrogens is 447 g/mol. The van der Waals surface area contributed by atoms with Crippen molar-refractivity contribution in [1.29, 1.82) is 0 Å². The molecule has 0 aliphatic rings. The molecule has 0 N–H and O–H groups in total. The Hall–Kier alpha value is -3.45. The predicted molar refractivity (Wildman–Crippen MR) is 124 cm³/mol. The normalized spacial score (nSPS) is 12.5. The first-order valence-corrected chi connectivity index (χ1v) is 11.7. The van der Waals surface area contributed by atoms with E-state index in [9.17, 15) is 21.6 Å². The van der Waals surface area contributed by atoms with Gasteiger partial charge in [-0.05, 0) is 65.9 Å². The number of alkyl halides is 3. The van der Waals surface area contributed by atoms with Crippen LogP contribution in [0.1, 0.15) is 18.1 Å². The van der Waals surface area contributed by atoms with Gasteiger partial charge in [-0.1, -0.05) is 48.5 Å². The Morgan fingerprint density at radius 3 is 2.21 bits per heavy atom. The van der Waals surface area contributed by atoms with Crippen LogP contribution >= 0.6 is 0 Å². The van der Waals surface area contributed by atoms with Crippen LogP contribution in [0.25, 0.3) is 33.2 Å². The SMILES string of the molecule is CC=CS(=O)(=O)c1cccc(-c2cccc(-c3c(C)cnc4c(C(F)(F)F)cccc34)c2)c1. The number of aromatic nitrogens is 1. The lowest BCUT2D eigenvalue weighted by atomic mass is 9.93. The number of rotatable bonds is 4. The zero-order chi connectivity index (χ0) is 23.8. The largest absolute Gasteiger partial charge is 0.418 e. The monoisotopic (exact) mass is 467 g/mol. The minimum Gasteiger partial charge on any atom is -0.255 e. The van der Waals surface area contributed by atoms with Crippen LogP contribution in [0.4, 0.5) is 13.2 Å². The molecule has 168 valence electrons. The lowest BCUT2D eigenvalue weighted by Gasteiger charge is -2.15. The van der Waals surface area contributed by atoms with Gasteiger partial charge >= 0.3 is 6.18 Å². The molecule has 4 rings (SSSR count). The third-order valence-corrected chi connectivity index (χ3v) is 6.90. The maximum atomic E-state index is 13.5. The summed E-state index contributed by atoms with van der Waals surface area (Å²) in [5.74, 6) is 0. The molecule has 0 fully saturated rings. The van der Waals surface area contributed by atoms with E-state index in [1.54, 1.807) is 44.2 Å². The molecule has 0 atom stereocenters. The summed E-state index contributed by atoms with van der Waals surface area (Å²) in [4.78, 5) is 4.25. The number of nitrogens with zero attached hydrogens (tertiary/aromatic N) is 1. The second-order valence-electron chi connectivity index (χ2n) is 7.64. The van der Waals surface area contributed by atoms with E-state index in [4.69, 9.17) is 0 Å². The van der Waals surface area contributed by atoms with Crippen molar-refractivity contribution >= 4 is 20.7 Å². The predicted octanol–water partition coefficient (Wildman–Crippen LogP) is 7.20. The van der Waals surface area contributed by atoms with Gasteiger partial charge in [0.25, 0.3) is 0 Å². The van der Waals surface area contributed by atoms with Crippen LogP contribution in [0.5, 0.6) is 0 Å². The summed E-state index contributed by atoms with van der Waals surface area (Å²) in [6.45, 7) is 3.44. The fourth-order valence-electron chi connectivity index (χ4n) is 3.90. The Morgan fingerprint density at radius 2 is 1.52 bits per heavy atom. The number of aryl methyl sites for hydroxylation is 1. The van der Waals surface area contributed by atoms with Gasteiger partial charge < -0.3 is 0 Å². The van der Waals surface area contributed by atoms with E-state index in [0.29, 0.717) is 16.5 Å². The van der Waals surface area contributed by atoms with E-state index >= 15 is 0 Å². The zero-order valence-corrected chi connectivity index (χ0v) is 18.7. The second-order valence-corrected chi connectivity index (χ2v) is 9.47. The van der Waals surface area contributed by atoms with Gasteiger partial charge in [0.05, 0.1) is 16.0 Å². The highest BCUT2D eigenvalue weighted by atomic mass is 32.2. The third-order valence-electron chi connectivity index (χ3n) is 5.35. The van der Waals surface area contributed by atoms with Crippen molar-refractivity contribution in [3.63, 3.8) is 0 Å². The highest BCUT2D eigenvalue weighted by Crippen LogP contribution is 2.39. The molecule has 33 heavy (non-hydrogen) atoms. The summed E-state index contributed by atoms with van der Waals surface area (Å²) >= 11 is 0. The quantitative estimate of drug-likeness (QED) is 0.319. The Kier molecular flexibility index (Phi) is 5.84. The zero-order valence-electron chi connectivity index (χ0n) is 17.9. The third kappa shape index (κ3) is 4.41. The number of fused-ring (bicyclic) bond motifs is 1. The van der Waals surface area contributed by atoms with Gasteiger partial charge in [0.2, 0.25) is 0 Å². The Labute approximate surface area is 190 Å². The fraction of sp³-hybridized carbons (Fsp3) is 0.115. The van der Waals surface area contributed by atoms with Crippen LogP contribution in [0.15, 0.2) is 89.3 Å². The molecule has 0 aliphatic carbocycles. The fourth-order valence-corrected chi connectivity index (χ4v) is 4.97. The van der Waals surface area contributed by atoms with Crippen molar-refractivity contribution < 1.29 is 21.6 Å². The highest BCUT2D eigenvalue weighted by molar-refractivity contribution is 7.94. The number of benzene rings is 3. The van der Waals surface area contributed by atoms with Gasteiger partial charge in [0, 0.05) is 17.0 Å². The molecule has 3 aromatic carbocycles. The van der Waals surface area contributed by atoms with Crippen molar-refractivity contribution in [2.45, 2.75) is 24.9 Å². The smallest absolute Gasteiger partial charge is 0.255 e. The summed E-state index contributed by atoms with van der Waals surface area (Å²) in [6, 6.07) is 18.0. The van der Waals surface area contributed by atoms with Crippen LogP contribution in [0.2, 0.25) is 0 Å². The summed E-state index contributed by atoms with van der Waals surface area (Å²) in [5, 5.41) is 1.55. The molecular formula is C26H20F3NO2S.